The highest BCUT2D eigenvalue weighted by atomic mass is 14.5. The van der Waals surface area contributed by atoms with Gasteiger partial charge in [-0.05, 0) is 49.3 Å². The number of benzene rings is 1. The first-order chi connectivity index (χ1) is 6.40. The zero-order valence-electron chi connectivity index (χ0n) is 8.00. The molecular weight excluding hydrogens is 158 g/mol. The Bertz CT molecular complexity index is 280. The molecule has 0 radical (unpaired) electrons. The highest BCUT2D eigenvalue weighted by Crippen LogP contribution is 2.23. The lowest BCUT2D eigenvalue weighted by molar-refractivity contribution is 0.491. The van der Waals surface area contributed by atoms with Crippen LogP contribution in [0.4, 0.5) is 0 Å². The third-order valence-electron chi connectivity index (χ3n) is 3.02. The Morgan fingerprint density at radius 1 is 1.23 bits per heavy atom. The van der Waals surface area contributed by atoms with E-state index in [1.165, 1.54) is 31.2 Å². The molecule has 1 heteroatoms. The number of fused-ring (bicyclic) bond motifs is 1. The third kappa shape index (κ3) is 1.92. The number of rotatable bonds is 1. The van der Waals surface area contributed by atoms with Crippen molar-refractivity contribution in [3.63, 3.8) is 0 Å². The van der Waals surface area contributed by atoms with Gasteiger partial charge < -0.3 is 5.73 Å². The van der Waals surface area contributed by atoms with Crippen LogP contribution >= 0.6 is 0 Å². The average molecular weight is 175 g/mol. The molecule has 0 aromatic heterocycles. The van der Waals surface area contributed by atoms with Gasteiger partial charge in [0.1, 0.15) is 0 Å². The summed E-state index contributed by atoms with van der Waals surface area (Å²) in [6.07, 6.45) is 5.03. The second-order valence-electron chi connectivity index (χ2n) is 3.97. The van der Waals surface area contributed by atoms with E-state index in [-0.39, 0.29) is 0 Å². The van der Waals surface area contributed by atoms with Gasteiger partial charge in [0.15, 0.2) is 0 Å². The molecule has 0 bridgehead atoms. The van der Waals surface area contributed by atoms with E-state index in [0.29, 0.717) is 5.92 Å². The summed E-state index contributed by atoms with van der Waals surface area (Å²) < 4.78 is 0. The fourth-order valence-electron chi connectivity index (χ4n) is 2.20. The maximum atomic E-state index is 5.73. The second-order valence-corrected chi connectivity index (χ2v) is 3.97. The van der Waals surface area contributed by atoms with Crippen LogP contribution in [0.25, 0.3) is 0 Å². The summed E-state index contributed by atoms with van der Waals surface area (Å²) in [6, 6.07) is 8.79. The van der Waals surface area contributed by atoms with Crippen LogP contribution in [-0.2, 0) is 12.8 Å². The van der Waals surface area contributed by atoms with Crippen molar-refractivity contribution in [1.29, 1.82) is 0 Å². The van der Waals surface area contributed by atoms with Crippen LogP contribution < -0.4 is 5.73 Å². The Balaban J connectivity index is 2.23. The lowest BCUT2D eigenvalue weighted by Gasteiger charge is -2.11. The molecule has 0 spiro atoms. The van der Waals surface area contributed by atoms with E-state index in [0.717, 1.165) is 6.54 Å². The predicted molar refractivity (Wildman–Crippen MR) is 55.6 cm³/mol. The van der Waals surface area contributed by atoms with Gasteiger partial charge in [0.2, 0.25) is 0 Å². The average Bonchev–Trinajstić information content (AvgIpc) is 2.38. The lowest BCUT2D eigenvalue weighted by atomic mass is 9.97. The highest BCUT2D eigenvalue weighted by molar-refractivity contribution is 5.28. The minimum atomic E-state index is 0.712. The summed E-state index contributed by atoms with van der Waals surface area (Å²) >= 11 is 0. The minimum Gasteiger partial charge on any atom is -0.330 e. The number of hydrogen-bond donors (Lipinski definition) is 1. The SMILES string of the molecule is NCC1CCCc2ccccc2C1. The van der Waals surface area contributed by atoms with Crippen LogP contribution in [0.2, 0.25) is 0 Å². The molecule has 0 aliphatic heterocycles. The van der Waals surface area contributed by atoms with Gasteiger partial charge in [-0.1, -0.05) is 24.3 Å². The molecule has 1 nitrogen and oxygen atoms in total. The molecule has 1 aliphatic carbocycles. The smallest absolute Gasteiger partial charge is 0.00457 e. The van der Waals surface area contributed by atoms with Crippen molar-refractivity contribution in [3.05, 3.63) is 35.4 Å². The first-order valence-electron chi connectivity index (χ1n) is 5.17. The van der Waals surface area contributed by atoms with Gasteiger partial charge in [0, 0.05) is 0 Å². The Kier molecular flexibility index (Phi) is 2.65. The van der Waals surface area contributed by atoms with E-state index in [2.05, 4.69) is 24.3 Å². The molecule has 70 valence electrons. The Hall–Kier alpha value is -0.820. The summed E-state index contributed by atoms with van der Waals surface area (Å²) in [5.74, 6) is 0.712. The van der Waals surface area contributed by atoms with Gasteiger partial charge in [-0.2, -0.15) is 0 Å². The molecule has 2 rings (SSSR count). The second kappa shape index (κ2) is 3.93. The molecule has 1 atom stereocenters. The molecule has 0 saturated carbocycles. The van der Waals surface area contributed by atoms with Gasteiger partial charge in [0.25, 0.3) is 0 Å². The third-order valence-corrected chi connectivity index (χ3v) is 3.02. The fourth-order valence-corrected chi connectivity index (χ4v) is 2.20. The minimum absolute atomic E-state index is 0.712. The summed E-state index contributed by atoms with van der Waals surface area (Å²) in [5.41, 5.74) is 8.79. The Morgan fingerprint density at radius 3 is 2.77 bits per heavy atom. The molecule has 2 N–H and O–H groups in total. The van der Waals surface area contributed by atoms with Crippen molar-refractivity contribution >= 4 is 0 Å². The molecule has 13 heavy (non-hydrogen) atoms. The molecule has 1 unspecified atom stereocenters. The van der Waals surface area contributed by atoms with Crippen LogP contribution in [0.5, 0.6) is 0 Å². The summed E-state index contributed by atoms with van der Waals surface area (Å²) in [5, 5.41) is 0. The zero-order chi connectivity index (χ0) is 9.10. The molecular formula is C12H17N. The van der Waals surface area contributed by atoms with Crippen LogP contribution in [-0.4, -0.2) is 6.54 Å². The molecule has 1 aliphatic rings. The van der Waals surface area contributed by atoms with E-state index in [4.69, 9.17) is 5.73 Å². The van der Waals surface area contributed by atoms with Crippen LogP contribution in [0, 0.1) is 5.92 Å². The van der Waals surface area contributed by atoms with Crippen molar-refractivity contribution in [2.24, 2.45) is 11.7 Å². The van der Waals surface area contributed by atoms with Gasteiger partial charge in [-0.25, -0.2) is 0 Å². The highest BCUT2D eigenvalue weighted by Gasteiger charge is 2.14. The first kappa shape index (κ1) is 8.76. The first-order valence-corrected chi connectivity index (χ1v) is 5.17. The van der Waals surface area contributed by atoms with Crippen molar-refractivity contribution in [3.8, 4) is 0 Å². The van der Waals surface area contributed by atoms with Crippen molar-refractivity contribution in [2.75, 3.05) is 6.54 Å². The quantitative estimate of drug-likeness (QED) is 0.650. The monoisotopic (exact) mass is 175 g/mol. The van der Waals surface area contributed by atoms with E-state index in [1.807, 2.05) is 0 Å². The Morgan fingerprint density at radius 2 is 2.00 bits per heavy atom. The molecule has 1 aromatic carbocycles. The van der Waals surface area contributed by atoms with E-state index in [1.54, 1.807) is 5.56 Å². The van der Waals surface area contributed by atoms with Crippen molar-refractivity contribution in [2.45, 2.75) is 25.7 Å². The van der Waals surface area contributed by atoms with Gasteiger partial charge in [-0.3, -0.25) is 0 Å². The van der Waals surface area contributed by atoms with E-state index in [9.17, 15) is 0 Å². The van der Waals surface area contributed by atoms with Crippen LogP contribution in [0.1, 0.15) is 24.0 Å². The summed E-state index contributed by atoms with van der Waals surface area (Å²) in [7, 11) is 0. The zero-order valence-corrected chi connectivity index (χ0v) is 8.00. The van der Waals surface area contributed by atoms with E-state index >= 15 is 0 Å². The van der Waals surface area contributed by atoms with Gasteiger partial charge in [0.05, 0.1) is 0 Å². The maximum Gasteiger partial charge on any atom is -0.00457 e. The summed E-state index contributed by atoms with van der Waals surface area (Å²) in [4.78, 5) is 0. The fraction of sp³-hybridized carbons (Fsp3) is 0.500. The largest absolute Gasteiger partial charge is 0.330 e. The van der Waals surface area contributed by atoms with Crippen molar-refractivity contribution in [1.82, 2.24) is 0 Å². The molecule has 0 amide bonds. The molecule has 0 saturated heterocycles. The number of nitrogens with two attached hydrogens (primary N) is 1. The topological polar surface area (TPSA) is 26.0 Å². The molecule has 0 heterocycles. The van der Waals surface area contributed by atoms with Gasteiger partial charge in [-0.15, -0.1) is 0 Å². The van der Waals surface area contributed by atoms with Crippen molar-refractivity contribution < 1.29 is 0 Å². The summed E-state index contributed by atoms with van der Waals surface area (Å²) in [6.45, 7) is 0.842. The number of aryl methyl sites for hydroxylation is 1. The maximum absolute atomic E-state index is 5.73. The standard InChI is InChI=1S/C12H17N/c13-9-10-4-3-7-11-5-1-2-6-12(11)8-10/h1-2,5-6,10H,3-4,7-9,13H2. The Labute approximate surface area is 80.0 Å². The molecule has 1 aromatic rings. The van der Waals surface area contributed by atoms with Crippen LogP contribution in [0.15, 0.2) is 24.3 Å². The van der Waals surface area contributed by atoms with Gasteiger partial charge >= 0.3 is 0 Å². The van der Waals surface area contributed by atoms with E-state index < -0.39 is 0 Å². The molecule has 0 fully saturated rings. The lowest BCUT2D eigenvalue weighted by Crippen LogP contribution is -2.15. The van der Waals surface area contributed by atoms with Crippen LogP contribution in [0.3, 0.4) is 0 Å². The number of hydrogen-bond acceptors (Lipinski definition) is 1. The predicted octanol–water partition coefficient (Wildman–Crippen LogP) is 2.14. The normalized spacial score (nSPS) is 22.1.